The number of nitro groups is 1. The molecule has 160 valence electrons. The van der Waals surface area contributed by atoms with Crippen LogP contribution in [0.3, 0.4) is 0 Å². The zero-order valence-electron chi connectivity index (χ0n) is 16.9. The molecule has 9 nitrogen and oxygen atoms in total. The monoisotopic (exact) mass is 415 g/mol. The minimum atomic E-state index is -0.778. The van der Waals surface area contributed by atoms with Crippen molar-refractivity contribution in [3.63, 3.8) is 0 Å². The van der Waals surface area contributed by atoms with Crippen molar-refractivity contribution in [2.75, 3.05) is 31.6 Å². The lowest BCUT2D eigenvalue weighted by Gasteiger charge is -2.22. The van der Waals surface area contributed by atoms with Crippen molar-refractivity contribution < 1.29 is 23.7 Å². The highest BCUT2D eigenvalue weighted by atomic mass is 16.6. The van der Waals surface area contributed by atoms with Gasteiger partial charge in [-0.05, 0) is 37.1 Å². The highest BCUT2D eigenvalue weighted by Gasteiger charge is 2.23. The zero-order chi connectivity index (χ0) is 21.5. The number of nitrogens with zero attached hydrogens (tertiary/aromatic N) is 3. The molecule has 1 saturated heterocycles. The van der Waals surface area contributed by atoms with E-state index in [9.17, 15) is 19.7 Å². The quantitative estimate of drug-likeness (QED) is 0.388. The van der Waals surface area contributed by atoms with E-state index in [0.717, 1.165) is 38.8 Å². The summed E-state index contributed by atoms with van der Waals surface area (Å²) in [5, 5.41) is 11.6. The summed E-state index contributed by atoms with van der Waals surface area (Å²) in [5.74, 6) is -0.576. The Labute approximate surface area is 174 Å². The molecule has 1 aliphatic rings. The summed E-state index contributed by atoms with van der Waals surface area (Å²) >= 11 is 0. The molecule has 30 heavy (non-hydrogen) atoms. The van der Waals surface area contributed by atoms with Gasteiger partial charge >= 0.3 is 5.97 Å². The largest absolute Gasteiger partial charge is 0.467 e. The van der Waals surface area contributed by atoms with E-state index in [1.54, 1.807) is 25.2 Å². The Morgan fingerprint density at radius 2 is 1.93 bits per heavy atom. The Kier molecular flexibility index (Phi) is 7.05. The first-order chi connectivity index (χ1) is 14.5. The molecule has 0 unspecified atom stereocenters. The number of carbonyl (C=O) groups excluding carboxylic acids is 2. The van der Waals surface area contributed by atoms with Gasteiger partial charge in [0.15, 0.2) is 6.61 Å². The van der Waals surface area contributed by atoms with Gasteiger partial charge in [-0.3, -0.25) is 14.9 Å². The molecule has 2 heterocycles. The van der Waals surface area contributed by atoms with Gasteiger partial charge in [-0.25, -0.2) is 4.79 Å². The average Bonchev–Trinajstić information content (AvgIpc) is 3.10. The number of anilines is 1. The third-order valence-corrected chi connectivity index (χ3v) is 5.08. The minimum absolute atomic E-state index is 0.0433. The molecule has 9 heteroatoms. The van der Waals surface area contributed by atoms with Gasteiger partial charge < -0.3 is 19.0 Å². The second-order valence-electron chi connectivity index (χ2n) is 7.27. The van der Waals surface area contributed by atoms with E-state index in [1.807, 2.05) is 4.90 Å². The van der Waals surface area contributed by atoms with E-state index < -0.39 is 23.4 Å². The molecule has 0 saturated carbocycles. The smallest absolute Gasteiger partial charge is 0.338 e. The van der Waals surface area contributed by atoms with Crippen LogP contribution in [-0.2, 0) is 16.1 Å². The number of hydrogen-bond donors (Lipinski definition) is 0. The summed E-state index contributed by atoms with van der Waals surface area (Å²) in [6, 6.07) is 7.77. The van der Waals surface area contributed by atoms with Crippen LogP contribution in [0.25, 0.3) is 0 Å². The maximum Gasteiger partial charge on any atom is 0.338 e. The van der Waals surface area contributed by atoms with Crippen molar-refractivity contribution in [2.24, 2.45) is 0 Å². The third-order valence-electron chi connectivity index (χ3n) is 5.08. The van der Waals surface area contributed by atoms with E-state index >= 15 is 0 Å². The van der Waals surface area contributed by atoms with Gasteiger partial charge in [0.2, 0.25) is 0 Å². The summed E-state index contributed by atoms with van der Waals surface area (Å²) < 4.78 is 10.3. The van der Waals surface area contributed by atoms with E-state index in [0.29, 0.717) is 11.4 Å². The van der Waals surface area contributed by atoms with E-state index in [2.05, 4.69) is 0 Å². The number of carbonyl (C=O) groups is 2. The Morgan fingerprint density at radius 3 is 2.57 bits per heavy atom. The summed E-state index contributed by atoms with van der Waals surface area (Å²) in [5.41, 5.74) is 0.419. The molecule has 1 amide bonds. The van der Waals surface area contributed by atoms with Crippen molar-refractivity contribution in [1.82, 2.24) is 4.90 Å². The highest BCUT2D eigenvalue weighted by Crippen LogP contribution is 2.31. The lowest BCUT2D eigenvalue weighted by Crippen LogP contribution is -2.30. The van der Waals surface area contributed by atoms with Crippen LogP contribution >= 0.6 is 0 Å². The van der Waals surface area contributed by atoms with Crippen molar-refractivity contribution in [3.05, 3.63) is 58.0 Å². The summed E-state index contributed by atoms with van der Waals surface area (Å²) in [7, 11) is 1.57. The lowest BCUT2D eigenvalue weighted by molar-refractivity contribution is -0.384. The molecule has 0 N–H and O–H groups in total. The maximum absolute atomic E-state index is 12.4. The Morgan fingerprint density at radius 1 is 1.20 bits per heavy atom. The second-order valence-corrected chi connectivity index (χ2v) is 7.27. The van der Waals surface area contributed by atoms with Gasteiger partial charge in [0.05, 0.1) is 23.3 Å². The molecule has 1 aliphatic heterocycles. The van der Waals surface area contributed by atoms with Gasteiger partial charge in [-0.15, -0.1) is 0 Å². The molecule has 3 rings (SSSR count). The van der Waals surface area contributed by atoms with Crippen molar-refractivity contribution in [3.8, 4) is 0 Å². The summed E-state index contributed by atoms with van der Waals surface area (Å²) in [4.78, 5) is 39.0. The third kappa shape index (κ3) is 5.37. The van der Waals surface area contributed by atoms with Crippen molar-refractivity contribution in [1.29, 1.82) is 0 Å². The molecule has 0 bridgehead atoms. The number of rotatable bonds is 7. The first-order valence-electron chi connectivity index (χ1n) is 9.92. The highest BCUT2D eigenvalue weighted by molar-refractivity contribution is 5.93. The number of benzene rings is 1. The molecule has 0 radical (unpaired) electrons. The van der Waals surface area contributed by atoms with Crippen molar-refractivity contribution >= 4 is 23.3 Å². The number of furan rings is 1. The van der Waals surface area contributed by atoms with Gasteiger partial charge in [0.25, 0.3) is 11.6 Å². The minimum Gasteiger partial charge on any atom is -0.467 e. The number of likely N-dealkylation sites (N-methyl/N-ethyl adjacent to an activating group) is 1. The second kappa shape index (κ2) is 9.91. The van der Waals surface area contributed by atoms with Gasteiger partial charge in [-0.1, -0.05) is 12.8 Å². The predicted octanol–water partition coefficient (Wildman–Crippen LogP) is 3.38. The van der Waals surface area contributed by atoms with E-state index in [1.165, 1.54) is 23.3 Å². The topological polar surface area (TPSA) is 106 Å². The first kappa shape index (κ1) is 21.4. The van der Waals surface area contributed by atoms with E-state index in [4.69, 9.17) is 9.15 Å². The Balaban J connectivity index is 1.64. The Bertz CT molecular complexity index is 888. The molecule has 0 spiro atoms. The molecule has 1 aromatic heterocycles. The number of hydrogen-bond acceptors (Lipinski definition) is 7. The van der Waals surface area contributed by atoms with Crippen LogP contribution in [0.2, 0.25) is 0 Å². The van der Waals surface area contributed by atoms with Crippen LogP contribution < -0.4 is 4.90 Å². The molecular formula is C21H25N3O6. The number of esters is 1. The van der Waals surface area contributed by atoms with Crippen LogP contribution in [0, 0.1) is 10.1 Å². The fraction of sp³-hybridized carbons (Fsp3) is 0.429. The van der Waals surface area contributed by atoms with Crippen LogP contribution in [0.15, 0.2) is 41.0 Å². The predicted molar refractivity (Wildman–Crippen MR) is 109 cm³/mol. The van der Waals surface area contributed by atoms with Crippen LogP contribution in [-0.4, -0.2) is 48.4 Å². The number of nitro benzene ring substituents is 1. The van der Waals surface area contributed by atoms with Gasteiger partial charge in [0, 0.05) is 26.2 Å². The number of ether oxygens (including phenoxy) is 1. The maximum atomic E-state index is 12.4. The SMILES string of the molecule is CN(Cc1ccco1)C(=O)COC(=O)c1ccc(N2CCCCCC2)c([N+](=O)[O-])c1. The molecular weight excluding hydrogens is 390 g/mol. The van der Waals surface area contributed by atoms with Crippen LogP contribution in [0.5, 0.6) is 0 Å². The number of amides is 1. The molecule has 1 aromatic carbocycles. The van der Waals surface area contributed by atoms with Crippen LogP contribution in [0.4, 0.5) is 11.4 Å². The van der Waals surface area contributed by atoms with Crippen LogP contribution in [0.1, 0.15) is 41.8 Å². The fourth-order valence-electron chi connectivity index (χ4n) is 3.42. The molecule has 0 atom stereocenters. The standard InChI is InChI=1S/C21H25N3O6/c1-22(14-17-7-6-12-29-17)20(25)15-30-21(26)16-8-9-18(19(13-16)24(27)28)23-10-4-2-3-5-11-23/h6-9,12-13H,2-5,10-11,14-15H2,1H3. The van der Waals surface area contributed by atoms with Crippen molar-refractivity contribution in [2.45, 2.75) is 32.2 Å². The summed E-state index contributed by atoms with van der Waals surface area (Å²) in [6.07, 6.45) is 5.69. The molecule has 0 aliphatic carbocycles. The zero-order valence-corrected chi connectivity index (χ0v) is 16.9. The molecule has 1 fully saturated rings. The molecule has 2 aromatic rings. The van der Waals surface area contributed by atoms with Gasteiger partial charge in [-0.2, -0.15) is 0 Å². The lowest BCUT2D eigenvalue weighted by atomic mass is 10.1. The van der Waals surface area contributed by atoms with E-state index in [-0.39, 0.29) is 17.8 Å². The first-order valence-corrected chi connectivity index (χ1v) is 9.92. The Hall–Kier alpha value is -3.36. The fourth-order valence-corrected chi connectivity index (χ4v) is 3.42. The summed E-state index contributed by atoms with van der Waals surface area (Å²) in [6.45, 7) is 1.29. The normalized spacial score (nSPS) is 14.1. The average molecular weight is 415 g/mol. The van der Waals surface area contributed by atoms with Gasteiger partial charge in [0.1, 0.15) is 11.4 Å².